The van der Waals surface area contributed by atoms with Gasteiger partial charge in [0.05, 0.1) is 0 Å². The highest BCUT2D eigenvalue weighted by atomic mass is 15.1. The summed E-state index contributed by atoms with van der Waals surface area (Å²) in [7, 11) is 0. The van der Waals surface area contributed by atoms with Crippen molar-refractivity contribution < 1.29 is 0 Å². The fourth-order valence-electron chi connectivity index (χ4n) is 1.04. The third-order valence-electron chi connectivity index (χ3n) is 1.63. The van der Waals surface area contributed by atoms with Crippen molar-refractivity contribution in [3.8, 4) is 0 Å². The van der Waals surface area contributed by atoms with Crippen LogP contribution >= 0.6 is 0 Å². The number of hydrogen-bond donors (Lipinski definition) is 0. The molecule has 0 amide bonds. The molecule has 0 radical (unpaired) electrons. The first kappa shape index (κ1) is 5.53. The molecule has 0 aliphatic carbocycles. The predicted molar refractivity (Wildman–Crippen MR) is 42.0 cm³/mol. The van der Waals surface area contributed by atoms with Crippen LogP contribution in [0.1, 0.15) is 6.92 Å². The molecule has 2 aliphatic rings. The lowest BCUT2D eigenvalue weighted by Crippen LogP contribution is -2.17. The van der Waals surface area contributed by atoms with Crippen molar-refractivity contribution >= 4 is 18.4 Å². The van der Waals surface area contributed by atoms with Crippen LogP contribution in [-0.2, 0) is 0 Å². The van der Waals surface area contributed by atoms with E-state index in [0.29, 0.717) is 0 Å². The highest BCUT2D eigenvalue weighted by Gasteiger charge is 2.20. The first-order chi connectivity index (χ1) is 4.88. The molecule has 0 aromatic carbocycles. The van der Waals surface area contributed by atoms with Crippen molar-refractivity contribution in [3.63, 3.8) is 0 Å². The van der Waals surface area contributed by atoms with Gasteiger partial charge in [-0.15, -0.1) is 0 Å². The molecule has 0 saturated carbocycles. The minimum Gasteiger partial charge on any atom is -0.258 e. The Bertz CT molecular complexity index is 271. The number of amidine groups is 1. The fourth-order valence-corrected chi connectivity index (χ4v) is 1.04. The van der Waals surface area contributed by atoms with Crippen LogP contribution < -0.4 is 0 Å². The van der Waals surface area contributed by atoms with Crippen LogP contribution in [0.4, 0.5) is 0 Å². The summed E-state index contributed by atoms with van der Waals surface area (Å²) in [5, 5.41) is 0. The lowest BCUT2D eigenvalue weighted by molar-refractivity contribution is 1.01. The minimum atomic E-state index is 0.116. The van der Waals surface area contributed by atoms with Gasteiger partial charge < -0.3 is 0 Å². The Labute approximate surface area is 58.9 Å². The van der Waals surface area contributed by atoms with E-state index in [0.717, 1.165) is 5.84 Å². The van der Waals surface area contributed by atoms with Crippen molar-refractivity contribution in [1.82, 2.24) is 0 Å². The SMILES string of the molecule is CC1=CC=NC2=NC=NC12. The molecule has 10 heavy (non-hydrogen) atoms. The van der Waals surface area contributed by atoms with E-state index in [1.165, 1.54) is 5.57 Å². The number of fused-ring (bicyclic) bond motifs is 1. The molecule has 3 heteroatoms. The molecular formula is C7H7N3. The van der Waals surface area contributed by atoms with Crippen LogP contribution in [0.3, 0.4) is 0 Å². The second kappa shape index (κ2) is 1.87. The van der Waals surface area contributed by atoms with Crippen LogP contribution in [0.5, 0.6) is 0 Å². The molecule has 2 aliphatic heterocycles. The number of allylic oxidation sites excluding steroid dienone is 1. The summed E-state index contributed by atoms with van der Waals surface area (Å²) in [5.74, 6) is 0.819. The van der Waals surface area contributed by atoms with Crippen LogP contribution in [-0.4, -0.2) is 24.4 Å². The van der Waals surface area contributed by atoms with Gasteiger partial charge in [-0.25, -0.2) is 9.98 Å². The Balaban J connectivity index is 2.43. The smallest absolute Gasteiger partial charge is 0.158 e. The maximum Gasteiger partial charge on any atom is 0.158 e. The lowest BCUT2D eigenvalue weighted by Gasteiger charge is -2.09. The molecule has 0 N–H and O–H groups in total. The van der Waals surface area contributed by atoms with E-state index in [9.17, 15) is 0 Å². The Morgan fingerprint density at radius 1 is 1.50 bits per heavy atom. The largest absolute Gasteiger partial charge is 0.258 e. The molecule has 0 fully saturated rings. The van der Waals surface area contributed by atoms with E-state index in [-0.39, 0.29) is 6.04 Å². The molecule has 1 unspecified atom stereocenters. The predicted octanol–water partition coefficient (Wildman–Crippen LogP) is 0.826. The van der Waals surface area contributed by atoms with E-state index in [1.54, 1.807) is 12.6 Å². The van der Waals surface area contributed by atoms with E-state index < -0.39 is 0 Å². The summed E-state index contributed by atoms with van der Waals surface area (Å²) in [6.07, 6.45) is 5.30. The molecule has 0 bridgehead atoms. The zero-order valence-corrected chi connectivity index (χ0v) is 5.65. The van der Waals surface area contributed by atoms with Gasteiger partial charge in [0.2, 0.25) is 0 Å². The van der Waals surface area contributed by atoms with Gasteiger partial charge in [-0.3, -0.25) is 4.99 Å². The summed E-state index contributed by atoms with van der Waals surface area (Å²) in [6.45, 7) is 2.04. The normalized spacial score (nSPS) is 27.9. The van der Waals surface area contributed by atoms with Crippen LogP contribution in [0.25, 0.3) is 0 Å². The molecule has 1 atom stereocenters. The van der Waals surface area contributed by atoms with Gasteiger partial charge in [0.1, 0.15) is 12.4 Å². The highest BCUT2D eigenvalue weighted by molar-refractivity contribution is 6.06. The number of aliphatic imine (C=N–C) groups is 3. The Hall–Kier alpha value is -1.25. The van der Waals surface area contributed by atoms with E-state index in [1.807, 2.05) is 13.0 Å². The van der Waals surface area contributed by atoms with Gasteiger partial charge in [0.25, 0.3) is 0 Å². The second-order valence-electron chi connectivity index (χ2n) is 2.34. The summed E-state index contributed by atoms with van der Waals surface area (Å²) >= 11 is 0. The van der Waals surface area contributed by atoms with Crippen LogP contribution in [0.15, 0.2) is 26.6 Å². The summed E-state index contributed by atoms with van der Waals surface area (Å²) < 4.78 is 0. The van der Waals surface area contributed by atoms with Crippen molar-refractivity contribution in [2.24, 2.45) is 15.0 Å². The van der Waals surface area contributed by atoms with Gasteiger partial charge >= 0.3 is 0 Å². The average molecular weight is 133 g/mol. The minimum absolute atomic E-state index is 0.116. The van der Waals surface area contributed by atoms with Gasteiger partial charge in [-0.2, -0.15) is 0 Å². The lowest BCUT2D eigenvalue weighted by atomic mass is 10.1. The van der Waals surface area contributed by atoms with Crippen LogP contribution in [0, 0.1) is 0 Å². The molecule has 0 aromatic rings. The van der Waals surface area contributed by atoms with Gasteiger partial charge in [0, 0.05) is 6.21 Å². The summed E-state index contributed by atoms with van der Waals surface area (Å²) in [6, 6.07) is 0.116. The van der Waals surface area contributed by atoms with Crippen LogP contribution in [0.2, 0.25) is 0 Å². The quantitative estimate of drug-likeness (QED) is 0.469. The highest BCUT2D eigenvalue weighted by Crippen LogP contribution is 2.14. The van der Waals surface area contributed by atoms with Gasteiger partial charge in [-0.1, -0.05) is 0 Å². The molecule has 0 aromatic heterocycles. The Kier molecular flexibility index (Phi) is 1.03. The fraction of sp³-hybridized carbons (Fsp3) is 0.286. The summed E-state index contributed by atoms with van der Waals surface area (Å²) in [5.41, 5.74) is 1.21. The van der Waals surface area contributed by atoms with Gasteiger partial charge in [-0.05, 0) is 18.6 Å². The Morgan fingerprint density at radius 2 is 2.40 bits per heavy atom. The molecule has 2 rings (SSSR count). The number of hydrogen-bond acceptors (Lipinski definition) is 3. The molecular weight excluding hydrogens is 126 g/mol. The average Bonchev–Trinajstić information content (AvgIpc) is 2.36. The van der Waals surface area contributed by atoms with E-state index in [2.05, 4.69) is 15.0 Å². The molecule has 2 heterocycles. The Morgan fingerprint density at radius 3 is 3.20 bits per heavy atom. The third-order valence-corrected chi connectivity index (χ3v) is 1.63. The third kappa shape index (κ3) is 0.635. The monoisotopic (exact) mass is 133 g/mol. The number of dihydropyridines is 1. The van der Waals surface area contributed by atoms with E-state index >= 15 is 0 Å². The van der Waals surface area contributed by atoms with Crippen molar-refractivity contribution in [3.05, 3.63) is 11.6 Å². The van der Waals surface area contributed by atoms with Crippen molar-refractivity contribution in [1.29, 1.82) is 0 Å². The number of rotatable bonds is 0. The first-order valence-electron chi connectivity index (χ1n) is 3.18. The standard InChI is InChI=1S/C7H7N3/c1-5-2-3-8-7-6(5)9-4-10-7/h2-4,6H,1H3. The molecule has 0 spiro atoms. The maximum atomic E-state index is 4.13. The van der Waals surface area contributed by atoms with Crippen molar-refractivity contribution in [2.45, 2.75) is 13.0 Å². The second-order valence-corrected chi connectivity index (χ2v) is 2.34. The van der Waals surface area contributed by atoms with Crippen molar-refractivity contribution in [2.75, 3.05) is 0 Å². The number of nitrogens with zero attached hydrogens (tertiary/aromatic N) is 3. The summed E-state index contributed by atoms with van der Waals surface area (Å²) in [4.78, 5) is 12.2. The molecule has 0 saturated heterocycles. The zero-order valence-electron chi connectivity index (χ0n) is 5.65. The van der Waals surface area contributed by atoms with E-state index in [4.69, 9.17) is 0 Å². The van der Waals surface area contributed by atoms with Gasteiger partial charge in [0.15, 0.2) is 5.84 Å². The topological polar surface area (TPSA) is 37.1 Å². The maximum absolute atomic E-state index is 4.13. The zero-order chi connectivity index (χ0) is 6.97. The molecule has 50 valence electrons. The molecule has 3 nitrogen and oxygen atoms in total. The first-order valence-corrected chi connectivity index (χ1v) is 3.18.